The molecule has 0 radical (unpaired) electrons. The van der Waals surface area contributed by atoms with Gasteiger partial charge in [-0.25, -0.2) is 0 Å². The molecule has 0 amide bonds. The molecule has 0 saturated heterocycles. The third kappa shape index (κ3) is 7.79. The maximum absolute atomic E-state index is 12.3. The SMILES string of the molecule is FC(F)(F)CN(CCBr)CCOc1cccc(Br)c1. The minimum Gasteiger partial charge on any atom is -0.492 e. The molecule has 0 saturated carbocycles. The fourth-order valence-corrected chi connectivity index (χ4v) is 2.37. The molecule has 0 aliphatic rings. The molecule has 0 atom stereocenters. The van der Waals surface area contributed by atoms with E-state index in [1.807, 2.05) is 12.1 Å². The lowest BCUT2D eigenvalue weighted by atomic mass is 10.3. The van der Waals surface area contributed by atoms with Crippen LogP contribution in [-0.2, 0) is 0 Å². The summed E-state index contributed by atoms with van der Waals surface area (Å²) in [5.41, 5.74) is 0. The number of rotatable bonds is 7. The van der Waals surface area contributed by atoms with E-state index in [0.29, 0.717) is 17.6 Å². The van der Waals surface area contributed by atoms with Crippen LogP contribution >= 0.6 is 31.9 Å². The van der Waals surface area contributed by atoms with Gasteiger partial charge in [-0.3, -0.25) is 4.90 Å². The molecule has 1 rings (SSSR count). The number of benzene rings is 1. The summed E-state index contributed by atoms with van der Waals surface area (Å²) < 4.78 is 43.3. The lowest BCUT2D eigenvalue weighted by molar-refractivity contribution is -0.145. The highest BCUT2D eigenvalue weighted by atomic mass is 79.9. The van der Waals surface area contributed by atoms with E-state index < -0.39 is 12.7 Å². The standard InChI is InChI=1S/C12H14Br2F3NO/c13-4-5-18(9-12(15,16)17)6-7-19-11-3-1-2-10(14)8-11/h1-3,8H,4-7,9H2. The first-order chi connectivity index (χ1) is 8.90. The van der Waals surface area contributed by atoms with Crippen molar-refractivity contribution in [2.45, 2.75) is 6.18 Å². The number of ether oxygens (including phenoxy) is 1. The highest BCUT2D eigenvalue weighted by Gasteiger charge is 2.30. The van der Waals surface area contributed by atoms with E-state index in [1.54, 1.807) is 12.1 Å². The molecule has 108 valence electrons. The molecule has 2 nitrogen and oxygen atoms in total. The average molecular weight is 405 g/mol. The minimum atomic E-state index is -4.18. The van der Waals surface area contributed by atoms with Crippen LogP contribution < -0.4 is 4.74 Å². The Balaban J connectivity index is 2.39. The molecule has 0 aromatic heterocycles. The van der Waals surface area contributed by atoms with Crippen molar-refractivity contribution >= 4 is 31.9 Å². The van der Waals surface area contributed by atoms with Crippen LogP contribution in [0.4, 0.5) is 13.2 Å². The topological polar surface area (TPSA) is 12.5 Å². The van der Waals surface area contributed by atoms with E-state index in [1.165, 1.54) is 4.90 Å². The molecule has 1 aromatic rings. The number of alkyl halides is 4. The van der Waals surface area contributed by atoms with Gasteiger partial charge in [0.15, 0.2) is 0 Å². The second-order valence-corrected chi connectivity index (χ2v) is 5.59. The van der Waals surface area contributed by atoms with Crippen molar-refractivity contribution < 1.29 is 17.9 Å². The van der Waals surface area contributed by atoms with Crippen molar-refractivity contribution in [1.82, 2.24) is 4.90 Å². The van der Waals surface area contributed by atoms with Gasteiger partial charge in [0.25, 0.3) is 0 Å². The molecule has 7 heteroatoms. The Morgan fingerprint density at radius 2 is 1.95 bits per heavy atom. The summed E-state index contributed by atoms with van der Waals surface area (Å²) >= 11 is 6.45. The molecule has 1 aromatic carbocycles. The molecule has 19 heavy (non-hydrogen) atoms. The lowest BCUT2D eigenvalue weighted by Crippen LogP contribution is -2.38. The largest absolute Gasteiger partial charge is 0.492 e. The van der Waals surface area contributed by atoms with Gasteiger partial charge in [0.2, 0.25) is 0 Å². The predicted molar refractivity (Wildman–Crippen MR) is 75.9 cm³/mol. The van der Waals surface area contributed by atoms with E-state index >= 15 is 0 Å². The Hall–Kier alpha value is -0.270. The normalized spacial score (nSPS) is 11.9. The van der Waals surface area contributed by atoms with Gasteiger partial charge in [-0.2, -0.15) is 13.2 Å². The quantitative estimate of drug-likeness (QED) is 0.634. The Labute approximate surface area is 127 Å². The van der Waals surface area contributed by atoms with Crippen LogP contribution in [0, 0.1) is 0 Å². The molecule has 0 aliphatic carbocycles. The van der Waals surface area contributed by atoms with Gasteiger partial charge >= 0.3 is 6.18 Å². The van der Waals surface area contributed by atoms with Crippen LogP contribution in [0.25, 0.3) is 0 Å². The van der Waals surface area contributed by atoms with Gasteiger partial charge < -0.3 is 4.74 Å². The first-order valence-corrected chi connectivity index (χ1v) is 7.55. The van der Waals surface area contributed by atoms with Gasteiger partial charge in [0.05, 0.1) is 6.54 Å². The van der Waals surface area contributed by atoms with E-state index in [0.717, 1.165) is 4.47 Å². The van der Waals surface area contributed by atoms with Crippen LogP contribution in [0.5, 0.6) is 5.75 Å². The van der Waals surface area contributed by atoms with Crippen LogP contribution in [0.2, 0.25) is 0 Å². The zero-order valence-corrected chi connectivity index (χ0v) is 13.3. The second kappa shape index (κ2) is 8.11. The van der Waals surface area contributed by atoms with E-state index in [9.17, 15) is 13.2 Å². The maximum atomic E-state index is 12.3. The number of halogens is 5. The Morgan fingerprint density at radius 3 is 2.53 bits per heavy atom. The van der Waals surface area contributed by atoms with Crippen molar-refractivity contribution in [2.75, 3.05) is 31.6 Å². The maximum Gasteiger partial charge on any atom is 0.401 e. The summed E-state index contributed by atoms with van der Waals surface area (Å²) in [6.45, 7) is -0.126. The first-order valence-electron chi connectivity index (χ1n) is 5.64. The van der Waals surface area contributed by atoms with Gasteiger partial charge in [0.1, 0.15) is 12.4 Å². The van der Waals surface area contributed by atoms with Gasteiger partial charge in [-0.1, -0.05) is 37.9 Å². The Morgan fingerprint density at radius 1 is 1.21 bits per heavy atom. The van der Waals surface area contributed by atoms with Gasteiger partial charge in [-0.05, 0) is 18.2 Å². The zero-order valence-electron chi connectivity index (χ0n) is 10.1. The summed E-state index contributed by atoms with van der Waals surface area (Å²) in [7, 11) is 0. The number of nitrogens with zero attached hydrogens (tertiary/aromatic N) is 1. The summed E-state index contributed by atoms with van der Waals surface area (Å²) in [6, 6.07) is 7.21. The smallest absolute Gasteiger partial charge is 0.401 e. The van der Waals surface area contributed by atoms with Crippen LogP contribution in [-0.4, -0.2) is 42.6 Å². The molecule has 0 aliphatic heterocycles. The monoisotopic (exact) mass is 403 g/mol. The lowest BCUT2D eigenvalue weighted by Gasteiger charge is -2.22. The summed E-state index contributed by atoms with van der Waals surface area (Å²) in [4.78, 5) is 1.31. The fourth-order valence-electron chi connectivity index (χ4n) is 1.49. The van der Waals surface area contributed by atoms with E-state index in [4.69, 9.17) is 4.74 Å². The van der Waals surface area contributed by atoms with Gasteiger partial charge in [-0.15, -0.1) is 0 Å². The van der Waals surface area contributed by atoms with Crippen LogP contribution in [0.15, 0.2) is 28.7 Å². The predicted octanol–water partition coefficient (Wildman–Crippen LogP) is 4.09. The third-order valence-corrected chi connectivity index (χ3v) is 3.12. The van der Waals surface area contributed by atoms with E-state index in [2.05, 4.69) is 31.9 Å². The first kappa shape index (κ1) is 16.8. The summed E-state index contributed by atoms with van der Waals surface area (Å²) in [6.07, 6.45) is -4.18. The van der Waals surface area contributed by atoms with Crippen molar-refractivity contribution in [3.63, 3.8) is 0 Å². The Kier molecular flexibility index (Phi) is 7.17. The van der Waals surface area contributed by atoms with Crippen molar-refractivity contribution in [2.24, 2.45) is 0 Å². The van der Waals surface area contributed by atoms with Crippen LogP contribution in [0.3, 0.4) is 0 Å². The molecular formula is C12H14Br2F3NO. The zero-order chi connectivity index (χ0) is 14.3. The summed E-state index contributed by atoms with van der Waals surface area (Å²) in [5.74, 6) is 0.639. The second-order valence-electron chi connectivity index (χ2n) is 3.89. The molecule has 0 spiro atoms. The highest BCUT2D eigenvalue weighted by Crippen LogP contribution is 2.18. The van der Waals surface area contributed by atoms with Crippen molar-refractivity contribution in [3.8, 4) is 5.75 Å². The highest BCUT2D eigenvalue weighted by molar-refractivity contribution is 9.10. The Bertz CT molecular complexity index is 387. The average Bonchev–Trinajstić information content (AvgIpc) is 2.27. The molecule has 0 fully saturated rings. The van der Waals surface area contributed by atoms with Crippen molar-refractivity contribution in [3.05, 3.63) is 28.7 Å². The fraction of sp³-hybridized carbons (Fsp3) is 0.500. The van der Waals surface area contributed by atoms with Crippen molar-refractivity contribution in [1.29, 1.82) is 0 Å². The number of hydrogen-bond donors (Lipinski definition) is 0. The summed E-state index contributed by atoms with van der Waals surface area (Å²) in [5, 5.41) is 0.500. The molecule has 0 bridgehead atoms. The number of hydrogen-bond acceptors (Lipinski definition) is 2. The molecule has 0 N–H and O–H groups in total. The van der Waals surface area contributed by atoms with Crippen LogP contribution in [0.1, 0.15) is 0 Å². The molecule has 0 heterocycles. The third-order valence-electron chi connectivity index (χ3n) is 2.28. The molecule has 0 unspecified atom stereocenters. The minimum absolute atomic E-state index is 0.222. The van der Waals surface area contributed by atoms with E-state index in [-0.39, 0.29) is 13.2 Å². The van der Waals surface area contributed by atoms with Gasteiger partial charge in [0, 0.05) is 22.9 Å². The molecular weight excluding hydrogens is 391 g/mol.